The molecule has 172 valence electrons. The van der Waals surface area contributed by atoms with Gasteiger partial charge in [-0.25, -0.2) is 14.8 Å². The molecule has 0 atom stereocenters. The van der Waals surface area contributed by atoms with E-state index in [0.29, 0.717) is 47.4 Å². The first-order valence-corrected chi connectivity index (χ1v) is 10.6. The van der Waals surface area contributed by atoms with Crippen LogP contribution in [0, 0.1) is 0 Å². The Morgan fingerprint density at radius 2 is 2.06 bits per heavy atom. The van der Waals surface area contributed by atoms with E-state index in [-0.39, 0.29) is 18.5 Å². The summed E-state index contributed by atoms with van der Waals surface area (Å²) < 4.78 is 1.92. The van der Waals surface area contributed by atoms with Crippen molar-refractivity contribution in [3.8, 4) is 11.5 Å². The Balaban J connectivity index is 1.68. The summed E-state index contributed by atoms with van der Waals surface area (Å²) in [6.07, 6.45) is 0.947. The maximum absolute atomic E-state index is 13.4. The summed E-state index contributed by atoms with van der Waals surface area (Å²) in [7, 11) is 3.70. The summed E-state index contributed by atoms with van der Waals surface area (Å²) in [5, 5.41) is 19.5. The van der Waals surface area contributed by atoms with Gasteiger partial charge in [-0.1, -0.05) is 6.07 Å². The standard InChI is InChI=1S/C22H26N8O3/c1-13(2)30-12-24-27-20(30)17-6-5-7-18(26-17)29-11-15-14(21(29)31)10-19(28(3)4)25-16(15)8-9-23-22(32)33/h5-7,10,12-13,23H,8-9,11H2,1-4H3,(H,32,33). The lowest BCUT2D eigenvalue weighted by Gasteiger charge is -2.16. The molecule has 0 saturated heterocycles. The van der Waals surface area contributed by atoms with E-state index in [0.717, 1.165) is 5.56 Å². The second-order valence-corrected chi connectivity index (χ2v) is 8.26. The van der Waals surface area contributed by atoms with Crippen molar-refractivity contribution >= 4 is 23.6 Å². The van der Waals surface area contributed by atoms with Gasteiger partial charge in [0, 0.05) is 38.7 Å². The fourth-order valence-corrected chi connectivity index (χ4v) is 3.76. The van der Waals surface area contributed by atoms with Crippen LogP contribution in [0.15, 0.2) is 30.6 Å². The number of hydrogen-bond donors (Lipinski definition) is 2. The molecule has 2 amide bonds. The average molecular weight is 451 g/mol. The van der Waals surface area contributed by atoms with Crippen LogP contribution in [-0.2, 0) is 13.0 Å². The fraction of sp³-hybridized carbons (Fsp3) is 0.364. The summed E-state index contributed by atoms with van der Waals surface area (Å²) in [5.74, 6) is 1.61. The van der Waals surface area contributed by atoms with Crippen molar-refractivity contribution in [2.45, 2.75) is 32.9 Å². The van der Waals surface area contributed by atoms with E-state index >= 15 is 0 Å². The molecule has 0 aromatic carbocycles. The number of hydrogen-bond acceptors (Lipinski definition) is 7. The number of carboxylic acid groups (broad SMARTS) is 1. The van der Waals surface area contributed by atoms with E-state index in [2.05, 4.69) is 20.5 Å². The van der Waals surface area contributed by atoms with Gasteiger partial charge in [-0.05, 0) is 32.0 Å². The molecule has 3 aromatic heterocycles. The molecule has 1 aliphatic rings. The van der Waals surface area contributed by atoms with Crippen LogP contribution >= 0.6 is 0 Å². The first-order valence-electron chi connectivity index (χ1n) is 10.6. The second kappa shape index (κ2) is 8.85. The highest BCUT2D eigenvalue weighted by molar-refractivity contribution is 6.10. The van der Waals surface area contributed by atoms with Gasteiger partial charge in [0.05, 0.1) is 17.8 Å². The van der Waals surface area contributed by atoms with Crippen molar-refractivity contribution < 1.29 is 14.7 Å². The van der Waals surface area contributed by atoms with Gasteiger partial charge in [0.25, 0.3) is 5.91 Å². The van der Waals surface area contributed by atoms with E-state index in [9.17, 15) is 9.59 Å². The third-order valence-corrected chi connectivity index (χ3v) is 5.45. The summed E-state index contributed by atoms with van der Waals surface area (Å²) in [4.78, 5) is 37.0. The molecule has 4 heterocycles. The van der Waals surface area contributed by atoms with E-state index < -0.39 is 6.09 Å². The molecule has 1 aliphatic heterocycles. The SMILES string of the molecule is CC(C)n1cnnc1-c1cccc(N2Cc3c(cc(N(C)C)nc3CCNC(=O)O)C2=O)n1. The molecular formula is C22H26N8O3. The van der Waals surface area contributed by atoms with Gasteiger partial charge in [-0.3, -0.25) is 9.69 Å². The number of fused-ring (bicyclic) bond motifs is 1. The molecule has 0 radical (unpaired) electrons. The number of amides is 2. The van der Waals surface area contributed by atoms with Gasteiger partial charge in [-0.2, -0.15) is 0 Å². The molecule has 2 N–H and O–H groups in total. The molecule has 0 spiro atoms. The molecule has 3 aromatic rings. The first kappa shape index (κ1) is 22.2. The van der Waals surface area contributed by atoms with Crippen molar-refractivity contribution in [1.82, 2.24) is 30.0 Å². The van der Waals surface area contributed by atoms with Crippen LogP contribution in [0.1, 0.15) is 41.5 Å². The number of carbonyl (C=O) groups is 2. The Bertz CT molecular complexity index is 1200. The zero-order valence-electron chi connectivity index (χ0n) is 19.0. The third-order valence-electron chi connectivity index (χ3n) is 5.45. The number of nitrogens with zero attached hydrogens (tertiary/aromatic N) is 7. The summed E-state index contributed by atoms with van der Waals surface area (Å²) >= 11 is 0. The minimum absolute atomic E-state index is 0.163. The van der Waals surface area contributed by atoms with Gasteiger partial charge < -0.3 is 19.9 Å². The topological polar surface area (TPSA) is 129 Å². The van der Waals surface area contributed by atoms with E-state index in [4.69, 9.17) is 10.1 Å². The van der Waals surface area contributed by atoms with Gasteiger partial charge in [0.2, 0.25) is 0 Å². The Kier molecular flexibility index (Phi) is 5.95. The summed E-state index contributed by atoms with van der Waals surface area (Å²) in [6, 6.07) is 7.40. The maximum Gasteiger partial charge on any atom is 0.404 e. The van der Waals surface area contributed by atoms with E-state index in [1.807, 2.05) is 49.5 Å². The molecule has 0 aliphatic carbocycles. The Morgan fingerprint density at radius 3 is 2.76 bits per heavy atom. The zero-order chi connectivity index (χ0) is 23.7. The number of carbonyl (C=O) groups excluding carboxylic acids is 1. The molecule has 0 saturated carbocycles. The number of pyridine rings is 2. The van der Waals surface area contributed by atoms with Crippen LogP contribution in [0.5, 0.6) is 0 Å². The lowest BCUT2D eigenvalue weighted by Crippen LogP contribution is -2.24. The molecule has 0 bridgehead atoms. The largest absolute Gasteiger partial charge is 0.465 e. The van der Waals surface area contributed by atoms with Crippen LogP contribution in [-0.4, -0.2) is 62.5 Å². The van der Waals surface area contributed by atoms with Crippen molar-refractivity contribution in [3.63, 3.8) is 0 Å². The van der Waals surface area contributed by atoms with Gasteiger partial charge >= 0.3 is 6.09 Å². The molecule has 11 nitrogen and oxygen atoms in total. The van der Waals surface area contributed by atoms with Gasteiger partial charge in [0.15, 0.2) is 5.82 Å². The van der Waals surface area contributed by atoms with Crippen LogP contribution in [0.3, 0.4) is 0 Å². The minimum atomic E-state index is -1.09. The minimum Gasteiger partial charge on any atom is -0.465 e. The van der Waals surface area contributed by atoms with Crippen LogP contribution in [0.2, 0.25) is 0 Å². The van der Waals surface area contributed by atoms with Gasteiger partial charge in [0.1, 0.15) is 23.7 Å². The van der Waals surface area contributed by atoms with E-state index in [1.165, 1.54) is 0 Å². The van der Waals surface area contributed by atoms with Gasteiger partial charge in [-0.15, -0.1) is 10.2 Å². The van der Waals surface area contributed by atoms with Crippen molar-refractivity contribution in [1.29, 1.82) is 0 Å². The van der Waals surface area contributed by atoms with Crippen molar-refractivity contribution in [3.05, 3.63) is 47.4 Å². The highest BCUT2D eigenvalue weighted by atomic mass is 16.4. The van der Waals surface area contributed by atoms with Crippen molar-refractivity contribution in [2.75, 3.05) is 30.4 Å². The summed E-state index contributed by atoms with van der Waals surface area (Å²) in [5.41, 5.74) is 2.66. The first-order chi connectivity index (χ1) is 15.8. The molecule has 0 fully saturated rings. The second-order valence-electron chi connectivity index (χ2n) is 8.26. The fourth-order valence-electron chi connectivity index (χ4n) is 3.76. The lowest BCUT2D eigenvalue weighted by molar-refractivity contribution is 0.0996. The monoisotopic (exact) mass is 450 g/mol. The van der Waals surface area contributed by atoms with Crippen LogP contribution < -0.4 is 15.1 Å². The Labute approximate surface area is 191 Å². The average Bonchev–Trinajstić information content (AvgIpc) is 3.39. The lowest BCUT2D eigenvalue weighted by atomic mass is 10.1. The number of nitrogens with one attached hydrogen (secondary N) is 1. The quantitative estimate of drug-likeness (QED) is 0.561. The molecule has 33 heavy (non-hydrogen) atoms. The van der Waals surface area contributed by atoms with Crippen molar-refractivity contribution in [2.24, 2.45) is 0 Å². The number of aromatic nitrogens is 5. The molecule has 0 unspecified atom stereocenters. The van der Waals surface area contributed by atoms with Crippen LogP contribution in [0.4, 0.5) is 16.4 Å². The normalized spacial score (nSPS) is 12.9. The number of anilines is 2. The number of rotatable bonds is 7. The maximum atomic E-state index is 13.4. The highest BCUT2D eigenvalue weighted by Crippen LogP contribution is 2.32. The highest BCUT2D eigenvalue weighted by Gasteiger charge is 2.33. The molecular weight excluding hydrogens is 424 g/mol. The predicted molar refractivity (Wildman–Crippen MR) is 122 cm³/mol. The molecule has 11 heteroatoms. The smallest absolute Gasteiger partial charge is 0.404 e. The predicted octanol–water partition coefficient (Wildman–Crippen LogP) is 2.35. The Hall–Kier alpha value is -4.02. The van der Waals surface area contributed by atoms with E-state index in [1.54, 1.807) is 23.4 Å². The van der Waals surface area contributed by atoms with Crippen LogP contribution in [0.25, 0.3) is 11.5 Å². The zero-order valence-corrected chi connectivity index (χ0v) is 19.0. The Morgan fingerprint density at radius 1 is 1.27 bits per heavy atom. The third kappa shape index (κ3) is 4.34. The molecule has 4 rings (SSSR count). The summed E-state index contributed by atoms with van der Waals surface area (Å²) in [6.45, 7) is 4.59.